The maximum Gasteiger partial charge on any atom is 0.240 e. The van der Waals surface area contributed by atoms with E-state index in [1.807, 2.05) is 0 Å². The fourth-order valence-electron chi connectivity index (χ4n) is 2.20. The minimum absolute atomic E-state index is 0.0400. The molecule has 1 aromatic carbocycles. The Morgan fingerprint density at radius 1 is 1.47 bits per heavy atom. The van der Waals surface area contributed by atoms with Crippen LogP contribution in [0.2, 0.25) is 0 Å². The zero-order valence-electron chi connectivity index (χ0n) is 11.0. The van der Waals surface area contributed by atoms with Crippen molar-refractivity contribution in [3.05, 3.63) is 18.2 Å². The van der Waals surface area contributed by atoms with Gasteiger partial charge in [-0.3, -0.25) is 9.59 Å². The van der Waals surface area contributed by atoms with Gasteiger partial charge in [-0.2, -0.15) is 0 Å². The van der Waals surface area contributed by atoms with Gasteiger partial charge in [0.2, 0.25) is 11.8 Å². The van der Waals surface area contributed by atoms with E-state index in [4.69, 9.17) is 10.5 Å². The van der Waals surface area contributed by atoms with Gasteiger partial charge >= 0.3 is 0 Å². The number of nitrogens with two attached hydrogens (primary N) is 1. The van der Waals surface area contributed by atoms with Crippen molar-refractivity contribution in [3.8, 4) is 5.75 Å². The molecule has 0 saturated heterocycles. The van der Waals surface area contributed by atoms with Gasteiger partial charge in [-0.05, 0) is 12.1 Å². The van der Waals surface area contributed by atoms with E-state index >= 15 is 0 Å². The van der Waals surface area contributed by atoms with E-state index in [0.29, 0.717) is 23.7 Å². The molecule has 0 bridgehead atoms. The van der Waals surface area contributed by atoms with E-state index in [0.717, 1.165) is 0 Å². The molecule has 2 N–H and O–H groups in total. The van der Waals surface area contributed by atoms with Crippen molar-refractivity contribution in [2.45, 2.75) is 6.42 Å². The lowest BCUT2D eigenvalue weighted by Gasteiger charge is -2.25. The molecule has 102 valence electrons. The summed E-state index contributed by atoms with van der Waals surface area (Å²) < 4.78 is 5.30. The molecule has 2 rings (SSSR count). The summed E-state index contributed by atoms with van der Waals surface area (Å²) in [5.41, 5.74) is 6.70. The van der Waals surface area contributed by atoms with Gasteiger partial charge in [-0.25, -0.2) is 0 Å². The lowest BCUT2D eigenvalue weighted by atomic mass is 10.2. The Bertz CT molecular complexity index is 516. The Kier molecular flexibility index (Phi) is 3.71. The van der Waals surface area contributed by atoms with Crippen LogP contribution in [0.4, 0.5) is 11.4 Å². The number of carbonyl (C=O) groups is 2. The maximum atomic E-state index is 12.0. The number of hydrogen-bond acceptors (Lipinski definition) is 4. The van der Waals surface area contributed by atoms with E-state index < -0.39 is 0 Å². The van der Waals surface area contributed by atoms with Crippen molar-refractivity contribution in [1.29, 1.82) is 0 Å². The molecule has 0 aliphatic carbocycles. The molecule has 1 aliphatic heterocycles. The number of para-hydroxylation sites is 1. The Morgan fingerprint density at radius 2 is 2.21 bits per heavy atom. The molecule has 1 aliphatic rings. The van der Waals surface area contributed by atoms with Gasteiger partial charge < -0.3 is 20.3 Å². The molecule has 0 radical (unpaired) electrons. The van der Waals surface area contributed by atoms with Crippen LogP contribution < -0.4 is 20.3 Å². The van der Waals surface area contributed by atoms with E-state index in [-0.39, 0.29) is 24.8 Å². The van der Waals surface area contributed by atoms with Gasteiger partial charge in [0.25, 0.3) is 0 Å². The van der Waals surface area contributed by atoms with Crippen molar-refractivity contribution < 1.29 is 14.3 Å². The number of methoxy groups -OCH3 is 1. The number of nitrogens with zero attached hydrogens (tertiary/aromatic N) is 2. The van der Waals surface area contributed by atoms with Gasteiger partial charge in [-0.1, -0.05) is 6.07 Å². The fourth-order valence-corrected chi connectivity index (χ4v) is 2.20. The highest BCUT2D eigenvalue weighted by Crippen LogP contribution is 2.39. The van der Waals surface area contributed by atoms with E-state index in [2.05, 4.69) is 0 Å². The minimum atomic E-state index is -0.228. The van der Waals surface area contributed by atoms with Crippen LogP contribution in [0.3, 0.4) is 0 Å². The molecule has 6 nitrogen and oxygen atoms in total. The highest BCUT2D eigenvalue weighted by Gasteiger charge is 2.29. The second-order valence-corrected chi connectivity index (χ2v) is 4.28. The van der Waals surface area contributed by atoms with Crippen LogP contribution in [0.15, 0.2) is 18.2 Å². The first-order valence-corrected chi connectivity index (χ1v) is 6.04. The number of fused-ring (bicyclic) bond motifs is 1. The molecule has 0 saturated carbocycles. The third-order valence-corrected chi connectivity index (χ3v) is 3.23. The molecule has 1 heterocycles. The lowest BCUT2D eigenvalue weighted by Crippen LogP contribution is -2.37. The number of rotatable bonds is 2. The van der Waals surface area contributed by atoms with Crippen molar-refractivity contribution in [2.75, 3.05) is 37.0 Å². The fraction of sp³-hybridized carbons (Fsp3) is 0.385. The number of hydrogen-bond donors (Lipinski definition) is 1. The first-order chi connectivity index (χ1) is 9.10. The van der Waals surface area contributed by atoms with Crippen molar-refractivity contribution >= 4 is 23.2 Å². The van der Waals surface area contributed by atoms with Crippen LogP contribution in [0.1, 0.15) is 6.42 Å². The SMILES string of the molecule is COc1cccc2c1N(C(=O)CN)CCC(=O)N2C. The second-order valence-electron chi connectivity index (χ2n) is 4.28. The largest absolute Gasteiger partial charge is 0.494 e. The van der Waals surface area contributed by atoms with Gasteiger partial charge in [0, 0.05) is 20.0 Å². The summed E-state index contributed by atoms with van der Waals surface area (Å²) in [6.45, 7) is 0.210. The van der Waals surface area contributed by atoms with E-state index in [1.54, 1.807) is 30.1 Å². The molecular formula is C13H17N3O3. The van der Waals surface area contributed by atoms with E-state index in [1.165, 1.54) is 12.0 Å². The molecule has 6 heteroatoms. The van der Waals surface area contributed by atoms with Gasteiger partial charge in [-0.15, -0.1) is 0 Å². The first kappa shape index (κ1) is 13.4. The topological polar surface area (TPSA) is 75.9 Å². The molecule has 2 amide bonds. The number of ether oxygens (including phenoxy) is 1. The third kappa shape index (κ3) is 2.26. The van der Waals surface area contributed by atoms with Crippen molar-refractivity contribution in [1.82, 2.24) is 0 Å². The summed E-state index contributed by atoms with van der Waals surface area (Å²) in [5.74, 6) is 0.288. The van der Waals surface area contributed by atoms with Gasteiger partial charge in [0.1, 0.15) is 11.4 Å². The molecule has 0 aromatic heterocycles. The highest BCUT2D eigenvalue weighted by molar-refractivity contribution is 6.06. The third-order valence-electron chi connectivity index (χ3n) is 3.23. The number of amides is 2. The van der Waals surface area contributed by atoms with Crippen LogP contribution in [0.5, 0.6) is 5.75 Å². The Hall–Kier alpha value is -2.08. The molecule has 0 fully saturated rings. The summed E-state index contributed by atoms with van der Waals surface area (Å²) in [4.78, 5) is 27.0. The predicted octanol–water partition coefficient (Wildman–Crippen LogP) is 0.353. The smallest absolute Gasteiger partial charge is 0.240 e. The number of carbonyl (C=O) groups excluding carboxylic acids is 2. The normalized spacial score (nSPS) is 15.0. The van der Waals surface area contributed by atoms with Gasteiger partial charge in [0.05, 0.1) is 19.3 Å². The van der Waals surface area contributed by atoms with E-state index in [9.17, 15) is 9.59 Å². The standard InChI is InChI=1S/C13H17N3O3/c1-15-9-4-3-5-10(19-2)13(9)16(12(18)8-14)7-6-11(15)17/h3-5H,6-8,14H2,1-2H3. The average Bonchev–Trinajstić information content (AvgIpc) is 2.57. The van der Waals surface area contributed by atoms with Crippen molar-refractivity contribution in [3.63, 3.8) is 0 Å². The molecular weight excluding hydrogens is 246 g/mol. The number of anilines is 2. The Morgan fingerprint density at radius 3 is 2.84 bits per heavy atom. The quantitative estimate of drug-likeness (QED) is 0.835. The monoisotopic (exact) mass is 263 g/mol. The van der Waals surface area contributed by atoms with Crippen LogP contribution in [-0.2, 0) is 9.59 Å². The minimum Gasteiger partial charge on any atom is -0.494 e. The van der Waals surface area contributed by atoms with Crippen LogP contribution >= 0.6 is 0 Å². The lowest BCUT2D eigenvalue weighted by molar-refractivity contribution is -0.118. The van der Waals surface area contributed by atoms with Gasteiger partial charge in [0.15, 0.2) is 0 Å². The molecule has 0 unspecified atom stereocenters. The summed E-state index contributed by atoms with van der Waals surface area (Å²) in [5, 5.41) is 0. The summed E-state index contributed by atoms with van der Waals surface area (Å²) in [7, 11) is 3.23. The summed E-state index contributed by atoms with van der Waals surface area (Å²) in [6, 6.07) is 5.34. The first-order valence-electron chi connectivity index (χ1n) is 6.04. The molecule has 0 spiro atoms. The molecule has 1 aromatic rings. The zero-order valence-corrected chi connectivity index (χ0v) is 11.0. The Labute approximate surface area is 111 Å². The predicted molar refractivity (Wildman–Crippen MR) is 72.4 cm³/mol. The van der Waals surface area contributed by atoms with Crippen LogP contribution in [-0.4, -0.2) is 39.1 Å². The van der Waals surface area contributed by atoms with Crippen LogP contribution in [0.25, 0.3) is 0 Å². The summed E-state index contributed by atoms with van der Waals surface area (Å²) >= 11 is 0. The molecule has 19 heavy (non-hydrogen) atoms. The maximum absolute atomic E-state index is 12.0. The zero-order chi connectivity index (χ0) is 14.0. The number of benzene rings is 1. The average molecular weight is 263 g/mol. The second kappa shape index (κ2) is 5.27. The Balaban J connectivity index is 2.61. The molecule has 0 atom stereocenters. The highest BCUT2D eigenvalue weighted by atomic mass is 16.5. The van der Waals surface area contributed by atoms with Crippen molar-refractivity contribution in [2.24, 2.45) is 5.73 Å². The van der Waals surface area contributed by atoms with Crippen LogP contribution in [0, 0.1) is 0 Å². The summed E-state index contributed by atoms with van der Waals surface area (Å²) in [6.07, 6.45) is 0.264.